The maximum absolute atomic E-state index is 12.6. The summed E-state index contributed by atoms with van der Waals surface area (Å²) in [5.41, 5.74) is 1.37. The van der Waals surface area contributed by atoms with Crippen molar-refractivity contribution < 1.29 is 19.4 Å². The molecule has 1 amide bonds. The number of rotatable bonds is 6. The number of aliphatic carboxylic acids is 1. The van der Waals surface area contributed by atoms with E-state index in [1.54, 1.807) is 12.1 Å². The average molecular weight is 344 g/mol. The highest BCUT2D eigenvalue weighted by atomic mass is 16.5. The second kappa shape index (κ2) is 7.61. The summed E-state index contributed by atoms with van der Waals surface area (Å²) in [7, 11) is 0. The van der Waals surface area contributed by atoms with Crippen LogP contribution in [0.15, 0.2) is 30.3 Å². The molecule has 0 saturated heterocycles. The zero-order valence-corrected chi connectivity index (χ0v) is 15.0. The Labute approximate surface area is 147 Å². The molecule has 1 aromatic carbocycles. The first kappa shape index (κ1) is 18.9. The number of carbonyl (C=O) groups excluding carboxylic acids is 1. The highest BCUT2D eigenvalue weighted by Crippen LogP contribution is 2.17. The van der Waals surface area contributed by atoms with Gasteiger partial charge in [-0.25, -0.2) is 4.79 Å². The number of benzene rings is 1. The summed E-state index contributed by atoms with van der Waals surface area (Å²) in [6, 6.07) is 8.01. The molecule has 0 spiro atoms. The number of carbonyl (C=O) groups is 2. The topological polar surface area (TPSA) is 88.5 Å². The Balaban J connectivity index is 2.16. The van der Waals surface area contributed by atoms with Crippen molar-refractivity contribution in [2.45, 2.75) is 45.8 Å². The Morgan fingerprint density at radius 1 is 1.24 bits per heavy atom. The van der Waals surface area contributed by atoms with Crippen molar-refractivity contribution in [3.63, 3.8) is 0 Å². The van der Waals surface area contributed by atoms with E-state index in [4.69, 9.17) is 4.74 Å². The van der Waals surface area contributed by atoms with Gasteiger partial charge in [0.1, 0.15) is 6.04 Å². The monoisotopic (exact) mass is 344 g/mol. The van der Waals surface area contributed by atoms with Gasteiger partial charge in [-0.3, -0.25) is 9.78 Å². The Bertz CT molecular complexity index is 781. The minimum atomic E-state index is -1.09. The average Bonchev–Trinajstić information content (AvgIpc) is 2.51. The van der Waals surface area contributed by atoms with Gasteiger partial charge in [-0.1, -0.05) is 18.2 Å². The number of carboxylic acid groups (broad SMARTS) is 1. The van der Waals surface area contributed by atoms with Gasteiger partial charge < -0.3 is 15.2 Å². The summed E-state index contributed by atoms with van der Waals surface area (Å²) >= 11 is 0. The van der Waals surface area contributed by atoms with E-state index in [1.807, 2.05) is 45.9 Å². The van der Waals surface area contributed by atoms with Gasteiger partial charge in [-0.05, 0) is 39.8 Å². The summed E-state index contributed by atoms with van der Waals surface area (Å²) in [6.07, 6.45) is 0.190. The standard InChI is InChI=1S/C19H24N2O4/c1-12-8-9-13-6-5-7-14(16(13)20-12)17(22)21-15(18(23)24)10-11-25-19(2,3)4/h5-9,15H,10-11H2,1-4H3,(H,21,22)(H,23,24). The minimum absolute atomic E-state index is 0.190. The van der Waals surface area contributed by atoms with Crippen molar-refractivity contribution in [1.82, 2.24) is 10.3 Å². The summed E-state index contributed by atoms with van der Waals surface area (Å²) in [5.74, 6) is -1.54. The van der Waals surface area contributed by atoms with Crippen LogP contribution in [0.4, 0.5) is 0 Å². The third-order valence-electron chi connectivity index (χ3n) is 3.65. The summed E-state index contributed by atoms with van der Waals surface area (Å²) in [6.45, 7) is 7.77. The smallest absolute Gasteiger partial charge is 0.326 e. The number of hydrogen-bond acceptors (Lipinski definition) is 4. The largest absolute Gasteiger partial charge is 0.480 e. The van der Waals surface area contributed by atoms with Gasteiger partial charge in [-0.15, -0.1) is 0 Å². The first-order valence-electron chi connectivity index (χ1n) is 8.21. The maximum atomic E-state index is 12.6. The maximum Gasteiger partial charge on any atom is 0.326 e. The number of aromatic nitrogens is 1. The van der Waals surface area contributed by atoms with Gasteiger partial charge in [0, 0.05) is 24.1 Å². The predicted octanol–water partition coefficient (Wildman–Crippen LogP) is 2.93. The number of fused-ring (bicyclic) bond motifs is 1. The molecule has 2 aromatic rings. The van der Waals surface area contributed by atoms with Crippen LogP contribution < -0.4 is 5.32 Å². The molecule has 0 aliphatic heterocycles. The van der Waals surface area contributed by atoms with Crippen LogP contribution in [0.3, 0.4) is 0 Å². The van der Waals surface area contributed by atoms with E-state index >= 15 is 0 Å². The number of pyridine rings is 1. The second-order valence-electron chi connectivity index (χ2n) is 6.94. The van der Waals surface area contributed by atoms with Crippen molar-refractivity contribution in [3.05, 3.63) is 41.6 Å². The molecule has 6 nitrogen and oxygen atoms in total. The first-order valence-corrected chi connectivity index (χ1v) is 8.21. The number of ether oxygens (including phenoxy) is 1. The fraction of sp³-hybridized carbons (Fsp3) is 0.421. The van der Waals surface area contributed by atoms with Gasteiger partial charge >= 0.3 is 5.97 Å². The van der Waals surface area contributed by atoms with Crippen LogP contribution in [0.25, 0.3) is 10.9 Å². The number of para-hydroxylation sites is 1. The fourth-order valence-corrected chi connectivity index (χ4v) is 2.40. The van der Waals surface area contributed by atoms with Crippen LogP contribution in [-0.2, 0) is 9.53 Å². The molecule has 1 aromatic heterocycles. The molecule has 0 aliphatic rings. The van der Waals surface area contributed by atoms with Crippen LogP contribution in [0.2, 0.25) is 0 Å². The molecule has 6 heteroatoms. The Morgan fingerprint density at radius 3 is 2.60 bits per heavy atom. The third kappa shape index (κ3) is 5.26. The zero-order chi connectivity index (χ0) is 18.6. The Hall–Kier alpha value is -2.47. The zero-order valence-electron chi connectivity index (χ0n) is 15.0. The molecular weight excluding hydrogens is 320 g/mol. The van der Waals surface area contributed by atoms with E-state index in [-0.39, 0.29) is 18.6 Å². The lowest BCUT2D eigenvalue weighted by Crippen LogP contribution is -2.42. The highest BCUT2D eigenvalue weighted by molar-refractivity contribution is 6.06. The molecule has 25 heavy (non-hydrogen) atoms. The lowest BCUT2D eigenvalue weighted by Gasteiger charge is -2.21. The second-order valence-corrected chi connectivity index (χ2v) is 6.94. The van der Waals surface area contributed by atoms with E-state index in [0.717, 1.165) is 11.1 Å². The summed E-state index contributed by atoms with van der Waals surface area (Å²) in [5, 5.41) is 12.8. The number of carboxylic acids is 1. The number of nitrogens with one attached hydrogen (secondary N) is 1. The van der Waals surface area contributed by atoms with E-state index < -0.39 is 17.9 Å². The van der Waals surface area contributed by atoms with Crippen LogP contribution in [-0.4, -0.2) is 40.2 Å². The quantitative estimate of drug-likeness (QED) is 0.841. The Kier molecular flexibility index (Phi) is 5.74. The van der Waals surface area contributed by atoms with Gasteiger partial charge in [-0.2, -0.15) is 0 Å². The number of aryl methyl sites for hydroxylation is 1. The molecule has 0 saturated carbocycles. The normalized spacial score (nSPS) is 12.8. The summed E-state index contributed by atoms with van der Waals surface area (Å²) < 4.78 is 5.56. The van der Waals surface area contributed by atoms with Crippen LogP contribution in [0.1, 0.15) is 43.2 Å². The van der Waals surface area contributed by atoms with Crippen molar-refractivity contribution >= 4 is 22.8 Å². The van der Waals surface area contributed by atoms with Gasteiger partial charge in [0.15, 0.2) is 0 Å². The fourth-order valence-electron chi connectivity index (χ4n) is 2.40. The van der Waals surface area contributed by atoms with Gasteiger partial charge in [0.2, 0.25) is 0 Å². The van der Waals surface area contributed by atoms with E-state index in [2.05, 4.69) is 10.3 Å². The van der Waals surface area contributed by atoms with E-state index in [0.29, 0.717) is 11.1 Å². The molecule has 0 fully saturated rings. The molecule has 0 aliphatic carbocycles. The van der Waals surface area contributed by atoms with Gasteiger partial charge in [0.25, 0.3) is 5.91 Å². The van der Waals surface area contributed by atoms with Crippen molar-refractivity contribution in [2.75, 3.05) is 6.61 Å². The number of amides is 1. The minimum Gasteiger partial charge on any atom is -0.480 e. The number of nitrogens with zero attached hydrogens (tertiary/aromatic N) is 1. The number of hydrogen-bond donors (Lipinski definition) is 2. The molecule has 2 rings (SSSR count). The van der Waals surface area contributed by atoms with Crippen LogP contribution in [0.5, 0.6) is 0 Å². The van der Waals surface area contributed by atoms with Crippen molar-refractivity contribution in [2.24, 2.45) is 0 Å². The third-order valence-corrected chi connectivity index (χ3v) is 3.65. The molecule has 1 atom stereocenters. The van der Waals surface area contributed by atoms with Crippen molar-refractivity contribution in [3.8, 4) is 0 Å². The lowest BCUT2D eigenvalue weighted by atomic mass is 10.1. The molecule has 0 radical (unpaired) electrons. The molecule has 1 unspecified atom stereocenters. The van der Waals surface area contributed by atoms with Crippen molar-refractivity contribution in [1.29, 1.82) is 0 Å². The predicted molar refractivity (Wildman–Crippen MR) is 95.7 cm³/mol. The molecular formula is C19H24N2O4. The van der Waals surface area contributed by atoms with E-state index in [1.165, 1.54) is 0 Å². The summed E-state index contributed by atoms with van der Waals surface area (Å²) in [4.78, 5) is 28.5. The Morgan fingerprint density at radius 2 is 1.96 bits per heavy atom. The lowest BCUT2D eigenvalue weighted by molar-refractivity contribution is -0.140. The molecule has 2 N–H and O–H groups in total. The first-order chi connectivity index (χ1) is 11.7. The highest BCUT2D eigenvalue weighted by Gasteiger charge is 2.23. The van der Waals surface area contributed by atoms with Crippen LogP contribution in [0, 0.1) is 6.92 Å². The van der Waals surface area contributed by atoms with Crippen LogP contribution >= 0.6 is 0 Å². The van der Waals surface area contributed by atoms with Gasteiger partial charge in [0.05, 0.1) is 16.7 Å². The van der Waals surface area contributed by atoms with E-state index in [9.17, 15) is 14.7 Å². The molecule has 134 valence electrons. The SMILES string of the molecule is Cc1ccc2cccc(C(=O)NC(CCOC(C)(C)C)C(=O)O)c2n1. The molecule has 1 heterocycles. The molecule has 0 bridgehead atoms.